The van der Waals surface area contributed by atoms with Crippen LogP contribution < -0.4 is 10.6 Å². The van der Waals surface area contributed by atoms with Crippen molar-refractivity contribution in [3.05, 3.63) is 82.8 Å². The summed E-state index contributed by atoms with van der Waals surface area (Å²) >= 11 is 1.40. The van der Waals surface area contributed by atoms with Gasteiger partial charge in [0.05, 0.1) is 24.1 Å². The van der Waals surface area contributed by atoms with Crippen LogP contribution in [0.5, 0.6) is 0 Å². The third-order valence-corrected chi connectivity index (χ3v) is 6.33. The highest BCUT2D eigenvalue weighted by molar-refractivity contribution is 7.15. The number of benzene rings is 2. The van der Waals surface area contributed by atoms with E-state index in [0.29, 0.717) is 36.8 Å². The summed E-state index contributed by atoms with van der Waals surface area (Å²) in [7, 11) is 0. The second kappa shape index (κ2) is 8.23. The Balaban J connectivity index is 1.22. The van der Waals surface area contributed by atoms with Gasteiger partial charge in [-0.15, -0.1) is 0 Å². The van der Waals surface area contributed by atoms with E-state index in [-0.39, 0.29) is 11.9 Å². The zero-order chi connectivity index (χ0) is 21.2. The van der Waals surface area contributed by atoms with Gasteiger partial charge in [-0.25, -0.2) is 9.78 Å². The van der Waals surface area contributed by atoms with Crippen LogP contribution in [0.3, 0.4) is 0 Å². The predicted molar refractivity (Wildman–Crippen MR) is 119 cm³/mol. The molecule has 0 aliphatic carbocycles. The molecule has 1 aliphatic heterocycles. The van der Waals surface area contributed by atoms with E-state index < -0.39 is 0 Å². The van der Waals surface area contributed by atoms with Crippen LogP contribution in [0.2, 0.25) is 0 Å². The Hall–Kier alpha value is -3.65. The monoisotopic (exact) mass is 432 g/mol. The largest absolute Gasteiger partial charge is 0.472 e. The van der Waals surface area contributed by atoms with Crippen molar-refractivity contribution < 1.29 is 14.0 Å². The molecule has 0 spiro atoms. The molecule has 31 heavy (non-hydrogen) atoms. The fourth-order valence-electron chi connectivity index (χ4n) is 3.71. The van der Waals surface area contributed by atoms with E-state index in [9.17, 15) is 9.59 Å². The number of aromatic nitrogens is 1. The molecule has 3 amide bonds. The van der Waals surface area contributed by atoms with Crippen molar-refractivity contribution in [3.8, 4) is 0 Å². The minimum absolute atomic E-state index is 0.101. The van der Waals surface area contributed by atoms with E-state index in [4.69, 9.17) is 4.42 Å². The Bertz CT molecular complexity index is 1240. The lowest BCUT2D eigenvalue weighted by Crippen LogP contribution is -2.42. The number of nitrogens with zero attached hydrogens (tertiary/aromatic N) is 2. The number of hydrogen-bond donors (Lipinski definition) is 2. The number of carbonyl (C=O) groups excluding carboxylic acids is 2. The number of thiazole rings is 1. The maximum atomic E-state index is 12.8. The van der Waals surface area contributed by atoms with E-state index in [2.05, 4.69) is 33.8 Å². The molecular weight excluding hydrogens is 412 g/mol. The first kappa shape index (κ1) is 19.3. The average Bonchev–Trinajstić information content (AvgIpc) is 3.46. The van der Waals surface area contributed by atoms with E-state index in [1.807, 2.05) is 24.3 Å². The number of urea groups is 1. The quantitative estimate of drug-likeness (QED) is 0.500. The SMILES string of the molecule is O=C(Nc1nc2c(s1)CN(C(=O)NCc1cccc3ccccc13)CC2)c1ccoc1. The van der Waals surface area contributed by atoms with Gasteiger partial charge in [0.2, 0.25) is 0 Å². The second-order valence-corrected chi connectivity index (χ2v) is 8.41. The molecule has 4 aromatic rings. The van der Waals surface area contributed by atoms with Crippen LogP contribution in [0.25, 0.3) is 10.8 Å². The summed E-state index contributed by atoms with van der Waals surface area (Å²) in [6.07, 6.45) is 3.51. The molecule has 5 rings (SSSR count). The third kappa shape index (κ3) is 4.02. The van der Waals surface area contributed by atoms with Crippen LogP contribution in [-0.4, -0.2) is 28.4 Å². The maximum absolute atomic E-state index is 12.8. The molecule has 2 aromatic heterocycles. The van der Waals surface area contributed by atoms with Crippen LogP contribution in [0, 0.1) is 0 Å². The molecule has 2 N–H and O–H groups in total. The van der Waals surface area contributed by atoms with Crippen molar-refractivity contribution in [3.63, 3.8) is 0 Å². The van der Waals surface area contributed by atoms with E-state index in [1.54, 1.807) is 11.0 Å². The van der Waals surface area contributed by atoms with Gasteiger partial charge >= 0.3 is 6.03 Å². The summed E-state index contributed by atoms with van der Waals surface area (Å²) in [5, 5.41) is 8.68. The minimum atomic E-state index is -0.260. The van der Waals surface area contributed by atoms with Gasteiger partial charge in [-0.2, -0.15) is 0 Å². The summed E-state index contributed by atoms with van der Waals surface area (Å²) in [6, 6.07) is 15.8. The van der Waals surface area contributed by atoms with Crippen LogP contribution in [0.4, 0.5) is 9.93 Å². The minimum Gasteiger partial charge on any atom is -0.472 e. The predicted octanol–water partition coefficient (Wildman–Crippen LogP) is 4.41. The first-order valence-electron chi connectivity index (χ1n) is 9.99. The third-order valence-electron chi connectivity index (χ3n) is 5.33. The lowest BCUT2D eigenvalue weighted by molar-refractivity contribution is 0.102. The molecule has 8 heteroatoms. The number of amides is 3. The van der Waals surface area contributed by atoms with Crippen molar-refractivity contribution in [2.45, 2.75) is 19.5 Å². The molecule has 0 fully saturated rings. The number of hydrogen-bond acceptors (Lipinski definition) is 5. The van der Waals surface area contributed by atoms with Crippen molar-refractivity contribution in [2.24, 2.45) is 0 Å². The number of nitrogens with one attached hydrogen (secondary N) is 2. The molecular formula is C23H20N4O3S. The summed E-state index contributed by atoms with van der Waals surface area (Å²) in [6.45, 7) is 1.54. The van der Waals surface area contributed by atoms with E-state index in [1.165, 1.54) is 23.9 Å². The second-order valence-electron chi connectivity index (χ2n) is 7.32. The lowest BCUT2D eigenvalue weighted by Gasteiger charge is -2.26. The Labute approximate surface area is 182 Å². The van der Waals surface area contributed by atoms with Crippen LogP contribution in [0.1, 0.15) is 26.5 Å². The van der Waals surface area contributed by atoms with Gasteiger partial charge in [0.25, 0.3) is 5.91 Å². The van der Waals surface area contributed by atoms with Gasteiger partial charge in [-0.05, 0) is 22.4 Å². The summed E-state index contributed by atoms with van der Waals surface area (Å²) in [5.41, 5.74) is 2.47. The Kier molecular flexibility index (Phi) is 5.13. The highest BCUT2D eigenvalue weighted by Crippen LogP contribution is 2.29. The van der Waals surface area contributed by atoms with Crippen LogP contribution >= 0.6 is 11.3 Å². The maximum Gasteiger partial charge on any atom is 0.318 e. The molecule has 2 aromatic carbocycles. The molecule has 1 aliphatic rings. The van der Waals surface area contributed by atoms with Gasteiger partial charge in [0.1, 0.15) is 6.26 Å². The molecule has 0 atom stereocenters. The summed E-state index contributed by atoms with van der Waals surface area (Å²) in [4.78, 5) is 32.3. The zero-order valence-electron chi connectivity index (χ0n) is 16.6. The summed E-state index contributed by atoms with van der Waals surface area (Å²) in [5.74, 6) is -0.260. The molecule has 0 saturated heterocycles. The average molecular weight is 433 g/mol. The van der Waals surface area contributed by atoms with Crippen molar-refractivity contribution in [2.75, 3.05) is 11.9 Å². The Morgan fingerprint density at radius 3 is 2.87 bits per heavy atom. The molecule has 7 nitrogen and oxygen atoms in total. The van der Waals surface area contributed by atoms with Gasteiger partial charge in [0, 0.05) is 24.4 Å². The van der Waals surface area contributed by atoms with Crippen molar-refractivity contribution >= 4 is 39.2 Å². The van der Waals surface area contributed by atoms with E-state index >= 15 is 0 Å². The number of furan rings is 1. The summed E-state index contributed by atoms with van der Waals surface area (Å²) < 4.78 is 4.94. The standard InChI is InChI=1S/C23H20N4O3S/c28-21(17-9-11-30-14-17)26-22-25-19-8-10-27(13-20(19)31-22)23(29)24-12-16-6-3-5-15-4-1-2-7-18(15)16/h1-7,9,11,14H,8,10,12-13H2,(H,24,29)(H,25,26,28). The molecule has 0 saturated carbocycles. The van der Waals surface area contributed by atoms with Gasteiger partial charge in [-0.3, -0.25) is 10.1 Å². The number of fused-ring (bicyclic) bond motifs is 2. The number of anilines is 1. The fourth-order valence-corrected chi connectivity index (χ4v) is 4.73. The normalized spacial score (nSPS) is 13.1. The lowest BCUT2D eigenvalue weighted by atomic mass is 10.0. The number of carbonyl (C=O) groups is 2. The van der Waals surface area contributed by atoms with Gasteiger partial charge < -0.3 is 14.6 Å². The topological polar surface area (TPSA) is 87.5 Å². The molecule has 156 valence electrons. The highest BCUT2D eigenvalue weighted by atomic mass is 32.1. The molecule has 0 radical (unpaired) electrons. The Morgan fingerprint density at radius 1 is 1.13 bits per heavy atom. The first-order valence-corrected chi connectivity index (χ1v) is 10.8. The highest BCUT2D eigenvalue weighted by Gasteiger charge is 2.24. The van der Waals surface area contributed by atoms with Gasteiger partial charge in [-0.1, -0.05) is 53.8 Å². The van der Waals surface area contributed by atoms with Crippen LogP contribution in [-0.2, 0) is 19.5 Å². The smallest absolute Gasteiger partial charge is 0.318 e. The van der Waals surface area contributed by atoms with Crippen LogP contribution in [0.15, 0.2) is 65.5 Å². The number of rotatable bonds is 4. The Morgan fingerprint density at radius 2 is 2.00 bits per heavy atom. The molecule has 0 bridgehead atoms. The fraction of sp³-hybridized carbons (Fsp3) is 0.174. The zero-order valence-corrected chi connectivity index (χ0v) is 17.4. The molecule has 3 heterocycles. The molecule has 0 unspecified atom stereocenters. The first-order chi connectivity index (χ1) is 15.2. The van der Waals surface area contributed by atoms with Crippen molar-refractivity contribution in [1.82, 2.24) is 15.2 Å². The van der Waals surface area contributed by atoms with Gasteiger partial charge in [0.15, 0.2) is 5.13 Å². The van der Waals surface area contributed by atoms with E-state index in [0.717, 1.165) is 26.9 Å². The van der Waals surface area contributed by atoms with Crippen molar-refractivity contribution in [1.29, 1.82) is 0 Å².